The minimum atomic E-state index is -0.00651. The standard InChI is InChI=1S/C24H26N6O/c1-3-5-11-22-25-19(4-2)15-23(31)30(22)16-17-12-13-20(18-9-7-6-8-10-18)21(14-17)24-26-28-29-27-24/h6-10,12-15H,3-5,11,16H2,1-2H3,(H,26,27,28,29). The van der Waals surface area contributed by atoms with E-state index in [0.717, 1.165) is 59.5 Å². The maximum absolute atomic E-state index is 12.9. The minimum Gasteiger partial charge on any atom is -0.292 e. The van der Waals surface area contributed by atoms with Crippen molar-refractivity contribution in [3.05, 3.63) is 82.0 Å². The van der Waals surface area contributed by atoms with Gasteiger partial charge in [-0.3, -0.25) is 9.36 Å². The molecule has 158 valence electrons. The fourth-order valence-electron chi connectivity index (χ4n) is 3.69. The number of H-pyrrole nitrogens is 1. The summed E-state index contributed by atoms with van der Waals surface area (Å²) in [5, 5.41) is 14.5. The summed E-state index contributed by atoms with van der Waals surface area (Å²) in [6, 6.07) is 17.9. The topological polar surface area (TPSA) is 89.3 Å². The molecule has 31 heavy (non-hydrogen) atoms. The number of benzene rings is 2. The molecule has 4 rings (SSSR count). The van der Waals surface area contributed by atoms with Crippen molar-refractivity contribution in [3.63, 3.8) is 0 Å². The van der Waals surface area contributed by atoms with E-state index in [1.807, 2.05) is 31.2 Å². The number of aromatic amines is 1. The monoisotopic (exact) mass is 414 g/mol. The second-order valence-corrected chi connectivity index (χ2v) is 7.54. The van der Waals surface area contributed by atoms with E-state index in [0.29, 0.717) is 12.4 Å². The predicted octanol–water partition coefficient (Wildman–Crippen LogP) is 4.04. The maximum atomic E-state index is 12.9. The number of aromatic nitrogens is 6. The molecule has 0 spiro atoms. The molecule has 2 aromatic heterocycles. The van der Waals surface area contributed by atoms with Crippen LogP contribution >= 0.6 is 0 Å². The van der Waals surface area contributed by atoms with Gasteiger partial charge in [-0.05, 0) is 46.0 Å². The van der Waals surface area contributed by atoms with Gasteiger partial charge in [0.05, 0.1) is 6.54 Å². The van der Waals surface area contributed by atoms with Gasteiger partial charge in [-0.2, -0.15) is 0 Å². The smallest absolute Gasteiger partial charge is 0.254 e. The second-order valence-electron chi connectivity index (χ2n) is 7.54. The molecule has 0 amide bonds. The number of tetrazole rings is 1. The van der Waals surface area contributed by atoms with Gasteiger partial charge >= 0.3 is 0 Å². The number of rotatable bonds is 8. The van der Waals surface area contributed by atoms with Crippen LogP contribution in [0.5, 0.6) is 0 Å². The molecule has 0 unspecified atom stereocenters. The van der Waals surface area contributed by atoms with Crippen molar-refractivity contribution >= 4 is 0 Å². The Balaban J connectivity index is 1.77. The Morgan fingerprint density at radius 2 is 1.84 bits per heavy atom. The Kier molecular flexibility index (Phi) is 6.31. The number of unbranched alkanes of at least 4 members (excludes halogenated alkanes) is 1. The predicted molar refractivity (Wildman–Crippen MR) is 121 cm³/mol. The molecule has 0 aliphatic rings. The molecule has 2 heterocycles. The average Bonchev–Trinajstić information content (AvgIpc) is 3.34. The summed E-state index contributed by atoms with van der Waals surface area (Å²) in [5.41, 5.74) is 4.84. The summed E-state index contributed by atoms with van der Waals surface area (Å²) in [6.45, 7) is 4.63. The maximum Gasteiger partial charge on any atom is 0.254 e. The van der Waals surface area contributed by atoms with Crippen LogP contribution in [0.15, 0.2) is 59.4 Å². The van der Waals surface area contributed by atoms with Crippen molar-refractivity contribution < 1.29 is 0 Å². The van der Waals surface area contributed by atoms with E-state index >= 15 is 0 Å². The molecular formula is C24H26N6O. The number of hydrogen-bond acceptors (Lipinski definition) is 5. The van der Waals surface area contributed by atoms with Crippen LogP contribution in [0.4, 0.5) is 0 Å². The summed E-state index contributed by atoms with van der Waals surface area (Å²) in [5.74, 6) is 1.44. The van der Waals surface area contributed by atoms with Crippen molar-refractivity contribution in [1.82, 2.24) is 30.2 Å². The molecule has 7 heteroatoms. The second kappa shape index (κ2) is 9.47. The number of nitrogens with zero attached hydrogens (tertiary/aromatic N) is 5. The highest BCUT2D eigenvalue weighted by atomic mass is 16.1. The molecule has 0 fully saturated rings. The van der Waals surface area contributed by atoms with E-state index < -0.39 is 0 Å². The van der Waals surface area contributed by atoms with Crippen LogP contribution in [-0.2, 0) is 19.4 Å². The summed E-state index contributed by atoms with van der Waals surface area (Å²) in [4.78, 5) is 17.6. The zero-order valence-corrected chi connectivity index (χ0v) is 17.9. The first-order valence-corrected chi connectivity index (χ1v) is 10.7. The van der Waals surface area contributed by atoms with Crippen LogP contribution < -0.4 is 5.56 Å². The van der Waals surface area contributed by atoms with Gasteiger partial charge < -0.3 is 0 Å². The molecule has 0 bridgehead atoms. The molecular weight excluding hydrogens is 388 g/mol. The van der Waals surface area contributed by atoms with Crippen LogP contribution in [0.3, 0.4) is 0 Å². The minimum absolute atomic E-state index is 0.00651. The van der Waals surface area contributed by atoms with Gasteiger partial charge in [0.15, 0.2) is 5.82 Å². The Morgan fingerprint density at radius 3 is 2.55 bits per heavy atom. The van der Waals surface area contributed by atoms with Crippen molar-refractivity contribution in [3.8, 4) is 22.5 Å². The van der Waals surface area contributed by atoms with E-state index in [2.05, 4.69) is 51.8 Å². The first kappa shape index (κ1) is 20.7. The number of aryl methyl sites for hydroxylation is 2. The van der Waals surface area contributed by atoms with Crippen molar-refractivity contribution in [2.45, 2.75) is 46.1 Å². The molecule has 4 aromatic rings. The SMILES string of the molecule is CCCCc1nc(CC)cc(=O)n1Cc1ccc(-c2ccccc2)c(-c2nnn[nH]2)c1. The summed E-state index contributed by atoms with van der Waals surface area (Å²) >= 11 is 0. The first-order valence-electron chi connectivity index (χ1n) is 10.7. The number of hydrogen-bond donors (Lipinski definition) is 1. The van der Waals surface area contributed by atoms with E-state index in [1.165, 1.54) is 0 Å². The quantitative estimate of drug-likeness (QED) is 0.470. The molecule has 0 saturated heterocycles. The third-order valence-electron chi connectivity index (χ3n) is 5.37. The van der Waals surface area contributed by atoms with E-state index in [9.17, 15) is 4.79 Å². The van der Waals surface area contributed by atoms with E-state index in [-0.39, 0.29) is 5.56 Å². The van der Waals surface area contributed by atoms with Gasteiger partial charge in [0, 0.05) is 23.7 Å². The van der Waals surface area contributed by atoms with Crippen LogP contribution in [-0.4, -0.2) is 30.2 Å². The zero-order valence-electron chi connectivity index (χ0n) is 17.9. The van der Waals surface area contributed by atoms with Crippen molar-refractivity contribution in [1.29, 1.82) is 0 Å². The lowest BCUT2D eigenvalue weighted by Crippen LogP contribution is -2.26. The van der Waals surface area contributed by atoms with Crippen LogP contribution in [0.1, 0.15) is 43.8 Å². The van der Waals surface area contributed by atoms with Crippen molar-refractivity contribution in [2.24, 2.45) is 0 Å². The summed E-state index contributed by atoms with van der Waals surface area (Å²) < 4.78 is 1.79. The number of nitrogens with one attached hydrogen (secondary N) is 1. The highest BCUT2D eigenvalue weighted by Crippen LogP contribution is 2.31. The molecule has 0 aliphatic carbocycles. The average molecular weight is 415 g/mol. The Labute approximate surface area is 181 Å². The molecule has 0 saturated carbocycles. The zero-order chi connectivity index (χ0) is 21.6. The van der Waals surface area contributed by atoms with Crippen LogP contribution in [0.25, 0.3) is 22.5 Å². The van der Waals surface area contributed by atoms with Gasteiger partial charge in [0.25, 0.3) is 5.56 Å². The summed E-state index contributed by atoms with van der Waals surface area (Å²) in [7, 11) is 0. The Bertz CT molecular complexity index is 1200. The summed E-state index contributed by atoms with van der Waals surface area (Å²) in [6.07, 6.45) is 3.60. The van der Waals surface area contributed by atoms with Gasteiger partial charge in [-0.1, -0.05) is 62.7 Å². The fraction of sp³-hybridized carbons (Fsp3) is 0.292. The van der Waals surface area contributed by atoms with Crippen LogP contribution in [0, 0.1) is 0 Å². The van der Waals surface area contributed by atoms with Gasteiger partial charge in [-0.15, -0.1) is 5.10 Å². The molecule has 0 radical (unpaired) electrons. The molecule has 2 aromatic carbocycles. The van der Waals surface area contributed by atoms with Gasteiger partial charge in [-0.25, -0.2) is 10.1 Å². The lowest BCUT2D eigenvalue weighted by Gasteiger charge is -2.15. The Hall–Kier alpha value is -3.61. The largest absolute Gasteiger partial charge is 0.292 e. The molecule has 0 atom stereocenters. The normalized spacial score (nSPS) is 11.0. The lowest BCUT2D eigenvalue weighted by molar-refractivity contribution is 0.629. The third-order valence-corrected chi connectivity index (χ3v) is 5.37. The third kappa shape index (κ3) is 4.60. The van der Waals surface area contributed by atoms with E-state index in [4.69, 9.17) is 4.98 Å². The van der Waals surface area contributed by atoms with Gasteiger partial charge in [0.1, 0.15) is 5.82 Å². The molecule has 7 nitrogen and oxygen atoms in total. The lowest BCUT2D eigenvalue weighted by atomic mass is 9.97. The first-order chi connectivity index (χ1) is 15.2. The highest BCUT2D eigenvalue weighted by Gasteiger charge is 2.14. The van der Waals surface area contributed by atoms with Gasteiger partial charge in [0.2, 0.25) is 0 Å². The van der Waals surface area contributed by atoms with Crippen LogP contribution in [0.2, 0.25) is 0 Å². The van der Waals surface area contributed by atoms with Crippen molar-refractivity contribution in [2.75, 3.05) is 0 Å². The molecule has 1 N–H and O–H groups in total. The molecule has 0 aliphatic heterocycles. The van der Waals surface area contributed by atoms with E-state index in [1.54, 1.807) is 10.6 Å². The highest BCUT2D eigenvalue weighted by molar-refractivity contribution is 5.80. The Morgan fingerprint density at radius 1 is 1.00 bits per heavy atom. The fourth-order valence-corrected chi connectivity index (χ4v) is 3.69.